The maximum absolute atomic E-state index is 13.8. The van der Waals surface area contributed by atoms with Crippen molar-refractivity contribution in [1.82, 2.24) is 10.2 Å². The molecule has 20 heavy (non-hydrogen) atoms. The van der Waals surface area contributed by atoms with Crippen LogP contribution in [0.5, 0.6) is 0 Å². The molecule has 1 rings (SSSR count). The van der Waals surface area contributed by atoms with Crippen LogP contribution in [-0.4, -0.2) is 43.6 Å². The summed E-state index contributed by atoms with van der Waals surface area (Å²) in [5.41, 5.74) is 0.764. The molecule has 0 aliphatic carbocycles. The van der Waals surface area contributed by atoms with Gasteiger partial charge in [-0.3, -0.25) is 0 Å². The van der Waals surface area contributed by atoms with Crippen molar-refractivity contribution in [3.63, 3.8) is 0 Å². The van der Waals surface area contributed by atoms with Gasteiger partial charge in [0, 0.05) is 17.6 Å². The van der Waals surface area contributed by atoms with E-state index in [0.717, 1.165) is 18.5 Å². The fourth-order valence-electron chi connectivity index (χ4n) is 2.27. The molecule has 114 valence electrons. The molecular weight excluding hydrogens is 271 g/mol. The van der Waals surface area contributed by atoms with Crippen molar-refractivity contribution in [3.05, 3.63) is 35.6 Å². The van der Waals surface area contributed by atoms with Crippen LogP contribution < -0.4 is 5.32 Å². The number of hydrogen-bond donors (Lipinski definition) is 1. The number of nitrogens with one attached hydrogen (secondary N) is 1. The van der Waals surface area contributed by atoms with E-state index < -0.39 is 0 Å². The molecule has 1 aromatic rings. The molecule has 0 radical (unpaired) electrons. The van der Waals surface area contributed by atoms with Crippen LogP contribution in [0, 0.1) is 5.82 Å². The summed E-state index contributed by atoms with van der Waals surface area (Å²) in [6.07, 6.45) is 4.25. The third-order valence-electron chi connectivity index (χ3n) is 3.89. The summed E-state index contributed by atoms with van der Waals surface area (Å²) in [6, 6.07) is 7.68. The summed E-state index contributed by atoms with van der Waals surface area (Å²) in [7, 11) is 4.05. The number of benzene rings is 1. The summed E-state index contributed by atoms with van der Waals surface area (Å²) >= 11 is 1.89. The Hall–Kier alpha value is -0.580. The Bertz CT molecular complexity index is 386. The Morgan fingerprint density at radius 1 is 1.30 bits per heavy atom. The van der Waals surface area contributed by atoms with Gasteiger partial charge in [-0.25, -0.2) is 4.39 Å². The Morgan fingerprint density at radius 2 is 2.00 bits per heavy atom. The van der Waals surface area contributed by atoms with Crippen LogP contribution in [0.4, 0.5) is 4.39 Å². The zero-order chi connectivity index (χ0) is 15.0. The smallest absolute Gasteiger partial charge is 0.127 e. The fraction of sp³-hybridized carbons (Fsp3) is 0.625. The predicted molar refractivity (Wildman–Crippen MR) is 87.9 cm³/mol. The van der Waals surface area contributed by atoms with Gasteiger partial charge in [0.05, 0.1) is 0 Å². The number of halogens is 1. The first-order valence-corrected chi connectivity index (χ1v) is 8.60. The minimum atomic E-state index is -0.120. The van der Waals surface area contributed by atoms with E-state index in [1.54, 1.807) is 6.07 Å². The fourth-order valence-corrected chi connectivity index (χ4v) is 2.85. The molecule has 0 aliphatic heterocycles. The molecule has 1 aromatic carbocycles. The molecule has 1 N–H and O–H groups in total. The third-order valence-corrected chi connectivity index (χ3v) is 4.54. The molecule has 0 aromatic heterocycles. The first-order valence-electron chi connectivity index (χ1n) is 7.21. The molecule has 0 aliphatic rings. The van der Waals surface area contributed by atoms with Crippen molar-refractivity contribution in [2.24, 2.45) is 0 Å². The second-order valence-electron chi connectivity index (χ2n) is 5.26. The molecule has 0 heterocycles. The van der Waals surface area contributed by atoms with Gasteiger partial charge < -0.3 is 10.2 Å². The van der Waals surface area contributed by atoms with Gasteiger partial charge in [0.15, 0.2) is 0 Å². The highest BCUT2D eigenvalue weighted by atomic mass is 32.2. The van der Waals surface area contributed by atoms with E-state index in [1.165, 1.54) is 18.2 Å². The largest absolute Gasteiger partial charge is 0.313 e. The van der Waals surface area contributed by atoms with Gasteiger partial charge in [-0.15, -0.1) is 0 Å². The number of thioether (sulfide) groups is 1. The van der Waals surface area contributed by atoms with Gasteiger partial charge in [-0.05, 0) is 58.5 Å². The van der Waals surface area contributed by atoms with Crippen molar-refractivity contribution in [2.75, 3.05) is 32.6 Å². The summed E-state index contributed by atoms with van der Waals surface area (Å²) < 4.78 is 13.8. The maximum Gasteiger partial charge on any atom is 0.127 e. The lowest BCUT2D eigenvalue weighted by Crippen LogP contribution is -2.32. The number of nitrogens with zero attached hydrogens (tertiary/aromatic N) is 1. The predicted octanol–water partition coefficient (Wildman–Crippen LogP) is 3.55. The first kappa shape index (κ1) is 17.5. The highest BCUT2D eigenvalue weighted by Gasteiger charge is 2.15. The Labute approximate surface area is 127 Å². The summed E-state index contributed by atoms with van der Waals surface area (Å²) in [6.45, 7) is 3.23. The highest BCUT2D eigenvalue weighted by Crippen LogP contribution is 2.20. The number of rotatable bonds is 9. The van der Waals surface area contributed by atoms with E-state index in [0.29, 0.717) is 6.04 Å². The molecule has 0 saturated heterocycles. The van der Waals surface area contributed by atoms with Crippen molar-refractivity contribution in [3.8, 4) is 0 Å². The zero-order valence-corrected chi connectivity index (χ0v) is 13.8. The van der Waals surface area contributed by atoms with Gasteiger partial charge in [-0.2, -0.15) is 11.8 Å². The normalized spacial score (nSPS) is 14.5. The molecule has 2 unspecified atom stereocenters. The van der Waals surface area contributed by atoms with Crippen molar-refractivity contribution in [1.29, 1.82) is 0 Å². The molecule has 0 saturated carbocycles. The van der Waals surface area contributed by atoms with Crippen LogP contribution >= 0.6 is 11.8 Å². The quantitative estimate of drug-likeness (QED) is 0.750. The van der Waals surface area contributed by atoms with Crippen molar-refractivity contribution in [2.45, 2.75) is 31.8 Å². The van der Waals surface area contributed by atoms with Crippen molar-refractivity contribution < 1.29 is 4.39 Å². The molecular formula is C16H27FN2S. The average molecular weight is 298 g/mol. The van der Waals surface area contributed by atoms with Gasteiger partial charge in [-0.1, -0.05) is 18.2 Å². The van der Waals surface area contributed by atoms with Crippen LogP contribution in [-0.2, 0) is 0 Å². The van der Waals surface area contributed by atoms with Gasteiger partial charge in [0.2, 0.25) is 0 Å². The molecule has 0 amide bonds. The lowest BCUT2D eigenvalue weighted by atomic mass is 10.0. The van der Waals surface area contributed by atoms with Crippen LogP contribution in [0.2, 0.25) is 0 Å². The van der Waals surface area contributed by atoms with Gasteiger partial charge in [0.25, 0.3) is 0 Å². The molecule has 0 spiro atoms. The maximum atomic E-state index is 13.8. The molecule has 0 fully saturated rings. The van der Waals surface area contributed by atoms with E-state index in [4.69, 9.17) is 0 Å². The van der Waals surface area contributed by atoms with Gasteiger partial charge in [0.1, 0.15) is 5.82 Å². The Kier molecular flexibility index (Phi) is 8.19. The minimum absolute atomic E-state index is 0.0754. The highest BCUT2D eigenvalue weighted by molar-refractivity contribution is 7.98. The van der Waals surface area contributed by atoms with Crippen LogP contribution in [0.25, 0.3) is 0 Å². The lowest BCUT2D eigenvalue weighted by molar-refractivity contribution is 0.239. The standard InChI is InChI=1S/C16H27FN2S/c1-13(10-12-20-4)19(3)11-9-16(18-2)14-7-5-6-8-15(14)17/h5-8,13,16,18H,9-12H2,1-4H3. The van der Waals surface area contributed by atoms with Crippen LogP contribution in [0.15, 0.2) is 24.3 Å². The van der Waals surface area contributed by atoms with Crippen LogP contribution in [0.1, 0.15) is 31.4 Å². The minimum Gasteiger partial charge on any atom is -0.313 e. The van der Waals surface area contributed by atoms with E-state index >= 15 is 0 Å². The summed E-state index contributed by atoms with van der Waals surface area (Å²) in [5.74, 6) is 1.07. The van der Waals surface area contributed by atoms with E-state index in [2.05, 4.69) is 30.4 Å². The average Bonchev–Trinajstić information content (AvgIpc) is 2.46. The summed E-state index contributed by atoms with van der Waals surface area (Å²) in [4.78, 5) is 2.36. The SMILES string of the molecule is CNC(CCN(C)C(C)CCSC)c1ccccc1F. The number of hydrogen-bond acceptors (Lipinski definition) is 3. The van der Waals surface area contributed by atoms with E-state index in [-0.39, 0.29) is 11.9 Å². The van der Waals surface area contributed by atoms with Crippen LogP contribution in [0.3, 0.4) is 0 Å². The Balaban J connectivity index is 2.51. The molecule has 2 nitrogen and oxygen atoms in total. The van der Waals surface area contributed by atoms with Gasteiger partial charge >= 0.3 is 0 Å². The van der Waals surface area contributed by atoms with E-state index in [9.17, 15) is 4.39 Å². The first-order chi connectivity index (χ1) is 9.60. The van der Waals surface area contributed by atoms with E-state index in [1.807, 2.05) is 30.9 Å². The topological polar surface area (TPSA) is 15.3 Å². The Morgan fingerprint density at radius 3 is 2.60 bits per heavy atom. The van der Waals surface area contributed by atoms with Crippen molar-refractivity contribution >= 4 is 11.8 Å². The second kappa shape index (κ2) is 9.37. The molecule has 4 heteroatoms. The monoisotopic (exact) mass is 298 g/mol. The molecule has 0 bridgehead atoms. The zero-order valence-electron chi connectivity index (χ0n) is 13.0. The molecule has 2 atom stereocenters. The third kappa shape index (κ3) is 5.43. The summed E-state index contributed by atoms with van der Waals surface area (Å²) in [5, 5.41) is 3.23. The second-order valence-corrected chi connectivity index (χ2v) is 6.25. The lowest BCUT2D eigenvalue weighted by Gasteiger charge is -2.27.